The summed E-state index contributed by atoms with van der Waals surface area (Å²) >= 11 is 0. The van der Waals surface area contributed by atoms with Gasteiger partial charge in [0.05, 0.1) is 6.26 Å². The topological polar surface area (TPSA) is 118 Å². The molecule has 1 aliphatic rings. The first-order valence-corrected chi connectivity index (χ1v) is 8.13. The quantitative estimate of drug-likeness (QED) is 0.580. The molecule has 2 atom stereocenters. The van der Waals surface area contributed by atoms with Crippen LogP contribution in [0.25, 0.3) is 0 Å². The van der Waals surface area contributed by atoms with Gasteiger partial charge in [-0.05, 0) is 17.7 Å². The Kier molecular flexibility index (Phi) is 4.12. The van der Waals surface area contributed by atoms with Crippen molar-refractivity contribution in [2.24, 2.45) is 5.92 Å². The molecule has 1 aliphatic carbocycles. The van der Waals surface area contributed by atoms with Crippen LogP contribution < -0.4 is 10.0 Å². The first-order valence-electron chi connectivity index (χ1n) is 6.24. The largest absolute Gasteiger partial charge is 0.352 e. The fourth-order valence-electron chi connectivity index (χ4n) is 1.98. The molecule has 114 valence electrons. The van der Waals surface area contributed by atoms with E-state index in [-0.39, 0.29) is 18.9 Å². The normalized spacial score (nSPS) is 20.6. The van der Waals surface area contributed by atoms with E-state index < -0.39 is 26.9 Å². The molecule has 1 amide bonds. The van der Waals surface area contributed by atoms with Crippen molar-refractivity contribution in [2.45, 2.75) is 19.0 Å². The minimum atomic E-state index is -3.36. The van der Waals surface area contributed by atoms with Crippen LogP contribution in [0.15, 0.2) is 24.3 Å². The van der Waals surface area contributed by atoms with Crippen LogP contribution >= 0.6 is 0 Å². The second-order valence-corrected chi connectivity index (χ2v) is 6.74. The van der Waals surface area contributed by atoms with Crippen molar-refractivity contribution in [3.05, 3.63) is 39.9 Å². The fraction of sp³-hybridized carbons (Fsp3) is 0.417. The molecular formula is C12H15N3O5S. The summed E-state index contributed by atoms with van der Waals surface area (Å²) in [5, 5.41) is 13.1. The number of nitrogens with one attached hydrogen (secondary N) is 2. The van der Waals surface area contributed by atoms with Crippen LogP contribution in [0.4, 0.5) is 5.69 Å². The number of nitro groups is 1. The number of nitrogens with zero attached hydrogens (tertiary/aromatic N) is 1. The van der Waals surface area contributed by atoms with Gasteiger partial charge in [0.15, 0.2) is 0 Å². The molecule has 1 saturated carbocycles. The van der Waals surface area contributed by atoms with E-state index in [2.05, 4.69) is 10.0 Å². The number of sulfonamides is 1. The zero-order valence-electron chi connectivity index (χ0n) is 11.3. The van der Waals surface area contributed by atoms with Crippen LogP contribution in [0.5, 0.6) is 0 Å². The number of rotatable bonds is 6. The Hall–Kier alpha value is -2.16. The number of benzene rings is 1. The number of carbonyl (C=O) groups is 1. The Balaban J connectivity index is 1.90. The lowest BCUT2D eigenvalue weighted by molar-refractivity contribution is -0.497. The second-order valence-electron chi connectivity index (χ2n) is 4.99. The van der Waals surface area contributed by atoms with Gasteiger partial charge < -0.3 is 5.32 Å². The molecule has 0 bridgehead atoms. The molecule has 0 aromatic heterocycles. The maximum atomic E-state index is 11.7. The lowest BCUT2D eigenvalue weighted by Gasteiger charge is -2.07. The van der Waals surface area contributed by atoms with E-state index >= 15 is 0 Å². The zero-order chi connectivity index (χ0) is 15.6. The van der Waals surface area contributed by atoms with Gasteiger partial charge in [-0.3, -0.25) is 19.6 Å². The zero-order valence-corrected chi connectivity index (χ0v) is 12.1. The number of carbonyl (C=O) groups excluding carboxylic acids is 1. The van der Waals surface area contributed by atoms with Crippen molar-refractivity contribution < 1.29 is 18.1 Å². The van der Waals surface area contributed by atoms with E-state index in [1.54, 1.807) is 24.3 Å². The summed E-state index contributed by atoms with van der Waals surface area (Å²) in [6.07, 6.45) is 1.32. The van der Waals surface area contributed by atoms with Gasteiger partial charge in [-0.25, -0.2) is 8.42 Å². The third-order valence-electron chi connectivity index (χ3n) is 3.06. The summed E-state index contributed by atoms with van der Waals surface area (Å²) in [7, 11) is -3.36. The van der Waals surface area contributed by atoms with Crippen molar-refractivity contribution >= 4 is 21.6 Å². The maximum Gasteiger partial charge on any atom is 0.230 e. The predicted molar refractivity (Wildman–Crippen MR) is 75.6 cm³/mol. The van der Waals surface area contributed by atoms with Crippen molar-refractivity contribution in [2.75, 3.05) is 11.0 Å². The van der Waals surface area contributed by atoms with Crippen LogP contribution in [0.2, 0.25) is 0 Å². The molecular weight excluding hydrogens is 298 g/mol. The average Bonchev–Trinajstić information content (AvgIpc) is 3.14. The summed E-state index contributed by atoms with van der Waals surface area (Å²) in [6, 6.07) is 5.80. The van der Waals surface area contributed by atoms with Crippen LogP contribution in [-0.4, -0.2) is 31.5 Å². The van der Waals surface area contributed by atoms with E-state index in [0.29, 0.717) is 11.3 Å². The molecule has 2 N–H and O–H groups in total. The lowest BCUT2D eigenvalue weighted by atomic mass is 10.2. The minimum Gasteiger partial charge on any atom is -0.352 e. The number of hydrogen-bond acceptors (Lipinski definition) is 5. The van der Waals surface area contributed by atoms with Gasteiger partial charge in [-0.1, -0.05) is 12.1 Å². The SMILES string of the molecule is CS(=O)(=O)Nc1cccc(CNC(=O)C2CC2[N+](=O)[O-])c1. The van der Waals surface area contributed by atoms with E-state index in [1.165, 1.54) is 0 Å². The molecule has 1 fully saturated rings. The second kappa shape index (κ2) is 5.68. The lowest BCUT2D eigenvalue weighted by Crippen LogP contribution is -2.26. The molecule has 0 radical (unpaired) electrons. The highest BCUT2D eigenvalue weighted by molar-refractivity contribution is 7.92. The molecule has 1 aromatic rings. The van der Waals surface area contributed by atoms with Gasteiger partial charge in [0, 0.05) is 23.6 Å². The average molecular weight is 313 g/mol. The van der Waals surface area contributed by atoms with E-state index in [9.17, 15) is 23.3 Å². The predicted octanol–water partition coefficient (Wildman–Crippen LogP) is 0.339. The third kappa shape index (κ3) is 4.42. The Morgan fingerprint density at radius 3 is 2.76 bits per heavy atom. The molecule has 0 spiro atoms. The van der Waals surface area contributed by atoms with E-state index in [1.807, 2.05) is 0 Å². The van der Waals surface area contributed by atoms with Gasteiger partial charge in [-0.15, -0.1) is 0 Å². The van der Waals surface area contributed by atoms with Crippen LogP contribution in [0.1, 0.15) is 12.0 Å². The Morgan fingerprint density at radius 1 is 1.48 bits per heavy atom. The first kappa shape index (κ1) is 15.2. The minimum absolute atomic E-state index is 0.194. The van der Waals surface area contributed by atoms with Gasteiger partial charge in [0.25, 0.3) is 0 Å². The van der Waals surface area contributed by atoms with Gasteiger partial charge in [0.1, 0.15) is 5.92 Å². The summed E-state index contributed by atoms with van der Waals surface area (Å²) in [5.74, 6) is -0.907. The summed E-state index contributed by atoms with van der Waals surface area (Å²) in [6.45, 7) is 0.194. The van der Waals surface area contributed by atoms with Crippen molar-refractivity contribution in [3.8, 4) is 0 Å². The summed E-state index contributed by atoms with van der Waals surface area (Å²) in [5.41, 5.74) is 1.11. The molecule has 1 aromatic carbocycles. The molecule has 2 unspecified atom stereocenters. The Morgan fingerprint density at radius 2 is 2.19 bits per heavy atom. The van der Waals surface area contributed by atoms with Crippen molar-refractivity contribution in [1.82, 2.24) is 5.32 Å². The molecule has 2 rings (SSSR count). The number of anilines is 1. The van der Waals surface area contributed by atoms with Crippen molar-refractivity contribution in [3.63, 3.8) is 0 Å². The number of amides is 1. The highest BCUT2D eigenvalue weighted by Crippen LogP contribution is 2.33. The fourth-order valence-corrected chi connectivity index (χ4v) is 2.53. The van der Waals surface area contributed by atoms with Crippen LogP contribution in [-0.2, 0) is 21.4 Å². The third-order valence-corrected chi connectivity index (χ3v) is 3.67. The first-order chi connectivity index (χ1) is 9.76. The molecule has 0 aliphatic heterocycles. The Bertz CT molecular complexity index is 673. The Labute approximate surface area is 121 Å². The van der Waals surface area contributed by atoms with Gasteiger partial charge in [-0.2, -0.15) is 0 Å². The smallest absolute Gasteiger partial charge is 0.230 e. The summed E-state index contributed by atoms with van der Waals surface area (Å²) in [4.78, 5) is 21.7. The monoisotopic (exact) mass is 313 g/mol. The highest BCUT2D eigenvalue weighted by Gasteiger charge is 2.53. The molecule has 8 nitrogen and oxygen atoms in total. The standard InChI is InChI=1S/C12H15N3O5S/c1-21(19,20)14-9-4-2-3-8(5-9)7-13-12(16)10-6-11(10)15(17)18/h2-5,10-11,14H,6-7H2,1H3,(H,13,16). The molecule has 0 heterocycles. The van der Waals surface area contributed by atoms with Gasteiger partial charge in [0.2, 0.25) is 22.0 Å². The van der Waals surface area contributed by atoms with Crippen molar-refractivity contribution in [1.29, 1.82) is 0 Å². The van der Waals surface area contributed by atoms with Crippen LogP contribution in [0, 0.1) is 16.0 Å². The van der Waals surface area contributed by atoms with E-state index in [0.717, 1.165) is 6.26 Å². The highest BCUT2D eigenvalue weighted by atomic mass is 32.2. The van der Waals surface area contributed by atoms with Crippen LogP contribution in [0.3, 0.4) is 0 Å². The van der Waals surface area contributed by atoms with E-state index in [4.69, 9.17) is 0 Å². The summed E-state index contributed by atoms with van der Waals surface area (Å²) < 4.78 is 24.6. The van der Waals surface area contributed by atoms with Gasteiger partial charge >= 0.3 is 0 Å². The molecule has 0 saturated heterocycles. The number of hydrogen-bond donors (Lipinski definition) is 2. The molecule has 21 heavy (non-hydrogen) atoms. The molecule has 9 heteroatoms. The maximum absolute atomic E-state index is 11.7.